The van der Waals surface area contributed by atoms with Crippen LogP contribution in [0.1, 0.15) is 20.3 Å². The molecule has 0 saturated carbocycles. The van der Waals surface area contributed by atoms with Gasteiger partial charge in [-0.1, -0.05) is 32.0 Å². The lowest BCUT2D eigenvalue weighted by Crippen LogP contribution is -2.44. The zero-order chi connectivity index (χ0) is 13.6. The molecule has 2 heterocycles. The Morgan fingerprint density at radius 2 is 1.95 bits per heavy atom. The lowest BCUT2D eigenvalue weighted by Gasteiger charge is -2.32. The van der Waals surface area contributed by atoms with Crippen LogP contribution < -0.4 is 4.90 Å². The molecule has 2 saturated heterocycles. The Morgan fingerprint density at radius 1 is 1.26 bits per heavy atom. The maximum atomic E-state index is 13.6. The van der Waals surface area contributed by atoms with Gasteiger partial charge in [0.15, 0.2) is 0 Å². The molecule has 1 amide bonds. The Balaban J connectivity index is 1.98. The van der Waals surface area contributed by atoms with Crippen molar-refractivity contribution < 1.29 is 9.18 Å². The van der Waals surface area contributed by atoms with E-state index in [2.05, 4.69) is 13.8 Å². The third-order valence-electron chi connectivity index (χ3n) is 4.05. The van der Waals surface area contributed by atoms with Gasteiger partial charge in [-0.15, -0.1) is 0 Å². The fourth-order valence-corrected chi connectivity index (χ4v) is 3.33. The highest BCUT2D eigenvalue weighted by Gasteiger charge is 2.52. The molecule has 102 valence electrons. The van der Waals surface area contributed by atoms with Gasteiger partial charge >= 0.3 is 0 Å². The summed E-state index contributed by atoms with van der Waals surface area (Å²) in [5.74, 6) is 0.324. The molecule has 19 heavy (non-hydrogen) atoms. The highest BCUT2D eigenvalue weighted by Crippen LogP contribution is 2.37. The minimum Gasteiger partial charge on any atom is -0.295 e. The van der Waals surface area contributed by atoms with Gasteiger partial charge in [0.2, 0.25) is 5.91 Å². The number of hydrogen-bond acceptors (Lipinski definition) is 2. The summed E-state index contributed by atoms with van der Waals surface area (Å²) in [7, 11) is 0. The van der Waals surface area contributed by atoms with Gasteiger partial charge in [0.25, 0.3) is 0 Å². The van der Waals surface area contributed by atoms with Crippen molar-refractivity contribution in [1.82, 2.24) is 4.90 Å². The molecular formula is C15H19FN2O. The molecule has 4 heteroatoms. The third kappa shape index (κ3) is 1.94. The number of benzene rings is 1. The number of anilines is 1. The number of carbonyl (C=O) groups is 1. The van der Waals surface area contributed by atoms with Crippen molar-refractivity contribution in [3.8, 4) is 0 Å². The Kier molecular flexibility index (Phi) is 3.05. The van der Waals surface area contributed by atoms with Crippen LogP contribution in [0.3, 0.4) is 0 Å². The van der Waals surface area contributed by atoms with Gasteiger partial charge in [0, 0.05) is 18.7 Å². The van der Waals surface area contributed by atoms with Crippen molar-refractivity contribution in [3.05, 3.63) is 30.3 Å². The molecule has 2 aliphatic rings. The van der Waals surface area contributed by atoms with E-state index in [1.54, 1.807) is 0 Å². The van der Waals surface area contributed by atoms with Crippen LogP contribution in [0.4, 0.5) is 10.1 Å². The van der Waals surface area contributed by atoms with E-state index in [0.29, 0.717) is 13.0 Å². The summed E-state index contributed by atoms with van der Waals surface area (Å²) in [6, 6.07) is 9.42. The molecule has 2 aliphatic heterocycles. The van der Waals surface area contributed by atoms with Crippen LogP contribution in [0, 0.1) is 5.92 Å². The molecule has 1 aromatic rings. The highest BCUT2D eigenvalue weighted by atomic mass is 19.1. The molecule has 0 bridgehead atoms. The molecular weight excluding hydrogens is 243 g/mol. The number of hydrogen-bond donors (Lipinski definition) is 0. The van der Waals surface area contributed by atoms with Crippen LogP contribution in [0.15, 0.2) is 30.3 Å². The highest BCUT2D eigenvalue weighted by molar-refractivity contribution is 6.00. The monoisotopic (exact) mass is 262 g/mol. The third-order valence-corrected chi connectivity index (χ3v) is 4.05. The lowest BCUT2D eigenvalue weighted by atomic mass is 10.1. The second-order valence-corrected chi connectivity index (χ2v) is 5.75. The van der Waals surface area contributed by atoms with Crippen molar-refractivity contribution in [3.63, 3.8) is 0 Å². The Morgan fingerprint density at radius 3 is 2.58 bits per heavy atom. The number of para-hydroxylation sites is 1. The average molecular weight is 262 g/mol. The summed E-state index contributed by atoms with van der Waals surface area (Å²) >= 11 is 0. The first-order chi connectivity index (χ1) is 9.09. The van der Waals surface area contributed by atoms with Crippen molar-refractivity contribution in [1.29, 1.82) is 0 Å². The summed E-state index contributed by atoms with van der Waals surface area (Å²) in [6.45, 7) is 4.55. The summed E-state index contributed by atoms with van der Waals surface area (Å²) in [6.07, 6.45) is -0.556. The van der Waals surface area contributed by atoms with Gasteiger partial charge in [0.1, 0.15) is 6.17 Å². The maximum absolute atomic E-state index is 13.6. The standard InChI is InChI=1S/C15H19FN2O/c1-10(2)14-17-9-11(16)8-13(17)15(19)18(14)12-6-4-3-5-7-12/h3-7,10-11,13-14H,8-9H2,1-2H3. The van der Waals surface area contributed by atoms with E-state index in [1.807, 2.05) is 40.1 Å². The zero-order valence-corrected chi connectivity index (χ0v) is 11.3. The SMILES string of the molecule is CC(C)C1N(c2ccccc2)C(=O)C2CC(F)CN21. The number of halogens is 1. The number of amides is 1. The van der Waals surface area contributed by atoms with E-state index >= 15 is 0 Å². The van der Waals surface area contributed by atoms with Crippen LogP contribution in [0.25, 0.3) is 0 Å². The minimum absolute atomic E-state index is 0.0272. The molecule has 0 aromatic heterocycles. The quantitative estimate of drug-likeness (QED) is 0.817. The molecule has 2 fully saturated rings. The number of carbonyl (C=O) groups excluding carboxylic acids is 1. The van der Waals surface area contributed by atoms with E-state index in [4.69, 9.17) is 0 Å². The molecule has 1 aromatic carbocycles. The van der Waals surface area contributed by atoms with Gasteiger partial charge in [-0.2, -0.15) is 0 Å². The first-order valence-corrected chi connectivity index (χ1v) is 6.87. The van der Waals surface area contributed by atoms with Gasteiger partial charge in [0.05, 0.1) is 12.2 Å². The molecule has 0 radical (unpaired) electrons. The Bertz CT molecular complexity index is 476. The van der Waals surface area contributed by atoms with Crippen LogP contribution in [0.2, 0.25) is 0 Å². The van der Waals surface area contributed by atoms with Gasteiger partial charge in [-0.05, 0) is 18.1 Å². The van der Waals surface area contributed by atoms with Crippen molar-refractivity contribution in [2.24, 2.45) is 5.92 Å². The molecule has 0 aliphatic carbocycles. The Labute approximate surface area is 113 Å². The van der Waals surface area contributed by atoms with Crippen molar-refractivity contribution in [2.75, 3.05) is 11.4 Å². The molecule has 3 unspecified atom stereocenters. The molecule has 3 rings (SSSR count). The summed E-state index contributed by atoms with van der Waals surface area (Å²) in [5.41, 5.74) is 0.913. The molecule has 0 N–H and O–H groups in total. The molecule has 3 nitrogen and oxygen atoms in total. The Hall–Kier alpha value is -1.42. The molecule has 0 spiro atoms. The maximum Gasteiger partial charge on any atom is 0.245 e. The summed E-state index contributed by atoms with van der Waals surface area (Å²) in [5, 5.41) is 0. The first kappa shape index (κ1) is 12.6. The van der Waals surface area contributed by atoms with Crippen LogP contribution in [-0.2, 0) is 4.79 Å². The van der Waals surface area contributed by atoms with E-state index in [9.17, 15) is 9.18 Å². The van der Waals surface area contributed by atoms with Gasteiger partial charge in [-0.25, -0.2) is 4.39 Å². The minimum atomic E-state index is -0.867. The van der Waals surface area contributed by atoms with Crippen molar-refractivity contribution >= 4 is 11.6 Å². The largest absolute Gasteiger partial charge is 0.295 e. The van der Waals surface area contributed by atoms with Gasteiger partial charge in [-0.3, -0.25) is 14.6 Å². The zero-order valence-electron chi connectivity index (χ0n) is 11.3. The van der Waals surface area contributed by atoms with E-state index in [1.165, 1.54) is 0 Å². The molecule has 3 atom stereocenters. The second-order valence-electron chi connectivity index (χ2n) is 5.75. The number of alkyl halides is 1. The fraction of sp³-hybridized carbons (Fsp3) is 0.533. The van der Waals surface area contributed by atoms with Gasteiger partial charge < -0.3 is 0 Å². The predicted molar refractivity (Wildman–Crippen MR) is 72.6 cm³/mol. The van der Waals surface area contributed by atoms with Crippen LogP contribution >= 0.6 is 0 Å². The predicted octanol–water partition coefficient (Wildman–Crippen LogP) is 2.43. The van der Waals surface area contributed by atoms with E-state index in [-0.39, 0.29) is 24.0 Å². The van der Waals surface area contributed by atoms with E-state index < -0.39 is 6.17 Å². The van der Waals surface area contributed by atoms with Crippen molar-refractivity contribution in [2.45, 2.75) is 38.6 Å². The second kappa shape index (κ2) is 4.60. The van der Waals surface area contributed by atoms with E-state index in [0.717, 1.165) is 5.69 Å². The van der Waals surface area contributed by atoms with Crippen LogP contribution in [-0.4, -0.2) is 35.7 Å². The number of rotatable bonds is 2. The lowest BCUT2D eigenvalue weighted by molar-refractivity contribution is -0.119. The normalized spacial score (nSPS) is 31.3. The topological polar surface area (TPSA) is 23.6 Å². The number of nitrogens with zero attached hydrogens (tertiary/aromatic N) is 2. The average Bonchev–Trinajstić information content (AvgIpc) is 2.87. The first-order valence-electron chi connectivity index (χ1n) is 6.87. The summed E-state index contributed by atoms with van der Waals surface area (Å²) < 4.78 is 13.6. The smallest absolute Gasteiger partial charge is 0.245 e. The summed E-state index contributed by atoms with van der Waals surface area (Å²) in [4.78, 5) is 16.4. The van der Waals surface area contributed by atoms with Crippen LogP contribution in [0.5, 0.6) is 0 Å². The fourth-order valence-electron chi connectivity index (χ4n) is 3.33. The number of fused-ring (bicyclic) bond motifs is 1.